The van der Waals surface area contributed by atoms with Gasteiger partial charge in [0.25, 0.3) is 0 Å². The van der Waals surface area contributed by atoms with Crippen molar-refractivity contribution in [3.8, 4) is 39.1 Å². The molecule has 60 heavy (non-hydrogen) atoms. The molecule has 0 aliphatic heterocycles. The Kier molecular flexibility index (Phi) is 10.3. The Morgan fingerprint density at radius 2 is 0.783 bits per heavy atom. The molecule has 0 fully saturated rings. The van der Waals surface area contributed by atoms with Crippen LogP contribution in [0.25, 0.3) is 60.9 Å². The molecule has 0 amide bonds. The van der Waals surface area contributed by atoms with E-state index in [1.165, 1.54) is 60.8 Å². The highest BCUT2D eigenvalue weighted by molar-refractivity contribution is 6.11. The van der Waals surface area contributed by atoms with Crippen molar-refractivity contribution in [2.24, 2.45) is 10.8 Å². The van der Waals surface area contributed by atoms with Crippen LogP contribution in [-0.2, 0) is 0 Å². The van der Waals surface area contributed by atoms with Gasteiger partial charge in [-0.1, -0.05) is 169 Å². The lowest BCUT2D eigenvalue weighted by Gasteiger charge is -2.36. The van der Waals surface area contributed by atoms with Gasteiger partial charge >= 0.3 is 0 Å². The molecule has 9 rings (SSSR count). The number of rotatable bonds is 9. The molecule has 1 atom stereocenters. The van der Waals surface area contributed by atoms with Gasteiger partial charge in [-0.2, -0.15) is 0 Å². The van der Waals surface area contributed by atoms with Crippen molar-refractivity contribution in [1.82, 2.24) is 4.57 Å². The first kappa shape index (κ1) is 38.9. The topological polar surface area (TPSA) is 8.17 Å². The van der Waals surface area contributed by atoms with E-state index < -0.39 is 0 Å². The third-order valence-corrected chi connectivity index (χ3v) is 12.0. The molecule has 1 aromatic heterocycles. The van der Waals surface area contributed by atoms with Gasteiger partial charge in [-0.05, 0) is 135 Å². The number of anilines is 3. The molecule has 2 nitrogen and oxygen atoms in total. The molecule has 296 valence electrons. The maximum absolute atomic E-state index is 2.41. The van der Waals surface area contributed by atoms with E-state index in [9.17, 15) is 0 Å². The van der Waals surface area contributed by atoms with Crippen molar-refractivity contribution < 1.29 is 0 Å². The zero-order chi connectivity index (χ0) is 41.4. The molecule has 0 spiro atoms. The SMILES string of the molecule is CC(C)(C)CC(c1ccc(-c2ccc3c(c2)c2cc(-c4ccc(N(c5ccccc5)c5ccc(-c6ccccc6)cc5)cc4)ccc2n3-c2ccccc2)cc1)C(C)(C)C. The lowest BCUT2D eigenvalue weighted by Crippen LogP contribution is -2.23. The van der Waals surface area contributed by atoms with Gasteiger partial charge in [0.2, 0.25) is 0 Å². The van der Waals surface area contributed by atoms with Crippen LogP contribution in [0.3, 0.4) is 0 Å². The molecule has 0 radical (unpaired) electrons. The van der Waals surface area contributed by atoms with E-state index >= 15 is 0 Å². The smallest absolute Gasteiger partial charge is 0.0541 e. The van der Waals surface area contributed by atoms with Crippen molar-refractivity contribution in [2.75, 3.05) is 4.90 Å². The molecule has 1 heterocycles. The molecule has 8 aromatic carbocycles. The largest absolute Gasteiger partial charge is 0.311 e. The first-order chi connectivity index (χ1) is 29.0. The van der Waals surface area contributed by atoms with Gasteiger partial charge < -0.3 is 9.47 Å². The second-order valence-corrected chi connectivity index (χ2v) is 18.6. The summed E-state index contributed by atoms with van der Waals surface area (Å²) in [5, 5.41) is 2.50. The minimum atomic E-state index is 0.182. The third kappa shape index (κ3) is 7.91. The number of para-hydroxylation sites is 2. The van der Waals surface area contributed by atoms with Crippen molar-refractivity contribution in [2.45, 2.75) is 53.9 Å². The lowest BCUT2D eigenvalue weighted by atomic mass is 9.69. The summed E-state index contributed by atoms with van der Waals surface area (Å²) in [6, 6.07) is 73.2. The van der Waals surface area contributed by atoms with Crippen molar-refractivity contribution in [3.05, 3.63) is 206 Å². The number of aromatic nitrogens is 1. The van der Waals surface area contributed by atoms with E-state index in [4.69, 9.17) is 0 Å². The molecule has 0 N–H and O–H groups in total. The van der Waals surface area contributed by atoms with E-state index in [0.717, 1.165) is 29.2 Å². The van der Waals surface area contributed by atoms with Crippen molar-refractivity contribution in [1.29, 1.82) is 0 Å². The van der Waals surface area contributed by atoms with Gasteiger partial charge in [-0.15, -0.1) is 0 Å². The normalized spacial score (nSPS) is 12.5. The number of hydrogen-bond donors (Lipinski definition) is 0. The summed E-state index contributed by atoms with van der Waals surface area (Å²) in [6.07, 6.45) is 1.15. The Hall–Kier alpha value is -6.64. The fourth-order valence-corrected chi connectivity index (χ4v) is 8.94. The average Bonchev–Trinajstić information content (AvgIpc) is 3.59. The summed E-state index contributed by atoms with van der Waals surface area (Å²) < 4.78 is 2.41. The Bertz CT molecular complexity index is 2860. The van der Waals surface area contributed by atoms with E-state index in [2.05, 4.69) is 251 Å². The monoisotopic (exact) mass is 778 g/mol. The minimum Gasteiger partial charge on any atom is -0.311 e. The second-order valence-electron chi connectivity index (χ2n) is 18.6. The predicted molar refractivity (Wildman–Crippen MR) is 258 cm³/mol. The fraction of sp³-hybridized carbons (Fsp3) is 0.172. The van der Waals surface area contributed by atoms with Crippen LogP contribution in [-0.4, -0.2) is 4.57 Å². The van der Waals surface area contributed by atoms with E-state index in [1.54, 1.807) is 0 Å². The van der Waals surface area contributed by atoms with Crippen LogP contribution >= 0.6 is 0 Å². The van der Waals surface area contributed by atoms with Crippen molar-refractivity contribution in [3.63, 3.8) is 0 Å². The molecular formula is C58H54N2. The van der Waals surface area contributed by atoms with E-state index in [0.29, 0.717) is 5.92 Å². The third-order valence-electron chi connectivity index (χ3n) is 12.0. The lowest BCUT2D eigenvalue weighted by molar-refractivity contribution is 0.229. The Morgan fingerprint density at radius 3 is 1.25 bits per heavy atom. The maximum Gasteiger partial charge on any atom is 0.0541 e. The molecule has 0 aliphatic carbocycles. The molecule has 0 bridgehead atoms. The van der Waals surface area contributed by atoms with Crippen LogP contribution in [0.2, 0.25) is 0 Å². The van der Waals surface area contributed by atoms with Crippen LogP contribution in [0.5, 0.6) is 0 Å². The molecule has 2 heteroatoms. The van der Waals surface area contributed by atoms with Gasteiger partial charge in [0, 0.05) is 33.5 Å². The molecule has 9 aromatic rings. The molecule has 0 saturated carbocycles. The zero-order valence-electron chi connectivity index (χ0n) is 35.7. The Balaban J connectivity index is 1.09. The quantitative estimate of drug-likeness (QED) is 0.142. The summed E-state index contributed by atoms with van der Waals surface area (Å²) in [5.41, 5.74) is 16.1. The average molecular weight is 779 g/mol. The van der Waals surface area contributed by atoms with Gasteiger partial charge in [-0.25, -0.2) is 0 Å². The van der Waals surface area contributed by atoms with E-state index in [1.807, 2.05) is 0 Å². The van der Waals surface area contributed by atoms with Crippen LogP contribution < -0.4 is 4.90 Å². The first-order valence-electron chi connectivity index (χ1n) is 21.4. The van der Waals surface area contributed by atoms with Crippen LogP contribution in [0.15, 0.2) is 200 Å². The van der Waals surface area contributed by atoms with Gasteiger partial charge in [0.1, 0.15) is 0 Å². The summed E-state index contributed by atoms with van der Waals surface area (Å²) in [6.45, 7) is 14.2. The Labute approximate surface area is 356 Å². The maximum atomic E-state index is 2.41. The van der Waals surface area contributed by atoms with Gasteiger partial charge in [0.15, 0.2) is 0 Å². The second kappa shape index (κ2) is 15.8. The van der Waals surface area contributed by atoms with Crippen molar-refractivity contribution >= 4 is 38.9 Å². The highest BCUT2D eigenvalue weighted by atomic mass is 15.1. The van der Waals surface area contributed by atoms with Crippen LogP contribution in [0.4, 0.5) is 17.1 Å². The molecule has 0 aliphatic rings. The molecule has 0 saturated heterocycles. The Morgan fingerprint density at radius 1 is 0.400 bits per heavy atom. The standard InChI is InChI=1S/C58H54N2/c1-57(2,3)40-54(58(4,5)6)45-24-22-43(23-25-45)46-30-36-55-52(38-46)53-39-47(31-37-56(53)60(55)49-20-14-9-15-21-49)44-28-34-51(35-29-44)59(48-18-12-8-13-19-48)50-32-26-42(27-33-50)41-16-10-7-11-17-41/h7-39,54H,40H2,1-6H3. The first-order valence-corrected chi connectivity index (χ1v) is 21.4. The zero-order valence-corrected chi connectivity index (χ0v) is 35.7. The fourth-order valence-electron chi connectivity index (χ4n) is 8.94. The number of fused-ring (bicyclic) bond motifs is 3. The highest BCUT2D eigenvalue weighted by Gasteiger charge is 2.30. The van der Waals surface area contributed by atoms with Crippen LogP contribution in [0.1, 0.15) is 59.4 Å². The number of nitrogens with zero attached hydrogens (tertiary/aromatic N) is 2. The summed E-state index contributed by atoms with van der Waals surface area (Å²) in [5.74, 6) is 0.484. The van der Waals surface area contributed by atoms with E-state index in [-0.39, 0.29) is 10.8 Å². The molecule has 1 unspecified atom stereocenters. The summed E-state index contributed by atoms with van der Waals surface area (Å²) in [4.78, 5) is 2.33. The summed E-state index contributed by atoms with van der Waals surface area (Å²) >= 11 is 0. The highest BCUT2D eigenvalue weighted by Crippen LogP contribution is 2.44. The van der Waals surface area contributed by atoms with Gasteiger partial charge in [-0.3, -0.25) is 0 Å². The number of benzene rings is 8. The van der Waals surface area contributed by atoms with Crippen LogP contribution in [0, 0.1) is 10.8 Å². The summed E-state index contributed by atoms with van der Waals surface area (Å²) in [7, 11) is 0. The number of hydrogen-bond acceptors (Lipinski definition) is 1. The predicted octanol–water partition coefficient (Wildman–Crippen LogP) is 16.8. The molecular weight excluding hydrogens is 725 g/mol. The van der Waals surface area contributed by atoms with Gasteiger partial charge in [0.05, 0.1) is 11.0 Å². The minimum absolute atomic E-state index is 0.182.